The molecule has 2 aromatic carbocycles. The van der Waals surface area contributed by atoms with Gasteiger partial charge in [0, 0.05) is 17.7 Å². The van der Waals surface area contributed by atoms with Gasteiger partial charge in [0.2, 0.25) is 23.8 Å². The third-order valence-corrected chi connectivity index (χ3v) is 7.27. The molecule has 2 saturated heterocycles. The van der Waals surface area contributed by atoms with Crippen LogP contribution in [-0.2, 0) is 9.47 Å². The molecule has 16 heteroatoms. The summed E-state index contributed by atoms with van der Waals surface area (Å²) in [7, 11) is 0. The normalized spacial score (nSPS) is 32.9. The highest BCUT2D eigenvalue weighted by molar-refractivity contribution is 5.88. The van der Waals surface area contributed by atoms with Gasteiger partial charge in [0.15, 0.2) is 17.3 Å². The van der Waals surface area contributed by atoms with Gasteiger partial charge < -0.3 is 74.4 Å². The molecule has 0 spiro atoms. The number of aliphatic hydroxyl groups is 7. The SMILES string of the molecule is C[C@H]1OC(Oc2cc(O)cc3oc(-c4ccc(O)c(O)c4)c(OC4O[C@H](CO)[C@@H](O)[C@H](O)[C@H]4O)c(=O)c23)[C@@H](O)[C@@H](O)[C@@H]1O. The van der Waals surface area contributed by atoms with E-state index in [2.05, 4.69) is 0 Å². The standard InChI is InChI=1S/C27H30O16/c1-8-17(32)20(35)22(37)26(39-8)41-14-6-10(29)5-13-16(14)19(34)25(24(40-13)9-2-3-11(30)12(31)4-9)43-27-23(38)21(36)18(33)15(7-28)42-27/h2-6,8,15,17-18,20-23,26-33,35-38H,7H2,1H3/t8-,15-,17-,18-,20+,21+,22+,23-,26?,27?/m1/s1. The molecule has 10 N–H and O–H groups in total. The molecule has 2 aliphatic rings. The van der Waals surface area contributed by atoms with Crippen LogP contribution < -0.4 is 14.9 Å². The molecule has 0 aliphatic carbocycles. The molecule has 0 saturated carbocycles. The van der Waals surface area contributed by atoms with E-state index in [4.69, 9.17) is 23.4 Å². The summed E-state index contributed by atoms with van der Waals surface area (Å²) < 4.78 is 28.0. The highest BCUT2D eigenvalue weighted by atomic mass is 16.7. The molecule has 0 amide bonds. The van der Waals surface area contributed by atoms with E-state index in [1.54, 1.807) is 0 Å². The van der Waals surface area contributed by atoms with Gasteiger partial charge in [0.1, 0.15) is 65.2 Å². The maximum atomic E-state index is 14.0. The van der Waals surface area contributed by atoms with Crippen molar-refractivity contribution in [1.82, 2.24) is 0 Å². The maximum Gasteiger partial charge on any atom is 0.239 e. The summed E-state index contributed by atoms with van der Waals surface area (Å²) >= 11 is 0. The van der Waals surface area contributed by atoms with E-state index in [1.165, 1.54) is 13.0 Å². The van der Waals surface area contributed by atoms with Gasteiger partial charge in [-0.2, -0.15) is 0 Å². The number of hydrogen-bond acceptors (Lipinski definition) is 16. The monoisotopic (exact) mass is 610 g/mol. The molecule has 234 valence electrons. The summed E-state index contributed by atoms with van der Waals surface area (Å²) in [5, 5.41) is 101. The van der Waals surface area contributed by atoms with E-state index in [9.17, 15) is 55.9 Å². The van der Waals surface area contributed by atoms with Gasteiger partial charge in [-0.05, 0) is 25.1 Å². The average molecular weight is 611 g/mol. The topological polar surface area (TPSA) is 269 Å². The van der Waals surface area contributed by atoms with Gasteiger partial charge in [0.05, 0.1) is 12.7 Å². The van der Waals surface area contributed by atoms with Crippen molar-refractivity contribution in [1.29, 1.82) is 0 Å². The predicted octanol–water partition coefficient (Wildman–Crippen LogP) is -2.04. The van der Waals surface area contributed by atoms with Crippen molar-refractivity contribution in [2.45, 2.75) is 68.3 Å². The number of benzene rings is 2. The average Bonchev–Trinajstić information content (AvgIpc) is 2.97. The smallest absolute Gasteiger partial charge is 0.239 e. The van der Waals surface area contributed by atoms with Crippen molar-refractivity contribution in [3.05, 3.63) is 40.6 Å². The molecule has 3 heterocycles. The first-order chi connectivity index (χ1) is 20.3. The van der Waals surface area contributed by atoms with E-state index in [0.717, 1.165) is 24.3 Å². The Bertz CT molecular complexity index is 1540. The highest BCUT2D eigenvalue weighted by Crippen LogP contribution is 2.40. The summed E-state index contributed by atoms with van der Waals surface area (Å²) in [6.07, 6.45) is -16.4. The summed E-state index contributed by atoms with van der Waals surface area (Å²) in [6, 6.07) is 5.33. The molecular formula is C27H30O16. The minimum absolute atomic E-state index is 0.0447. The van der Waals surface area contributed by atoms with Crippen molar-refractivity contribution in [3.8, 4) is 40.1 Å². The number of fused-ring (bicyclic) bond motifs is 1. The van der Waals surface area contributed by atoms with Crippen LogP contribution in [0.2, 0.25) is 0 Å². The number of rotatable bonds is 6. The number of phenolic OH excluding ortho intramolecular Hbond substituents is 3. The second-order valence-corrected chi connectivity index (χ2v) is 10.2. The molecule has 16 nitrogen and oxygen atoms in total. The molecule has 0 radical (unpaired) electrons. The Morgan fingerprint density at radius 1 is 0.767 bits per heavy atom. The Kier molecular flexibility index (Phi) is 8.41. The molecular weight excluding hydrogens is 580 g/mol. The lowest BCUT2D eigenvalue weighted by Crippen LogP contribution is -2.60. The molecule has 5 rings (SSSR count). The van der Waals surface area contributed by atoms with Crippen LogP contribution in [0.15, 0.2) is 39.5 Å². The second-order valence-electron chi connectivity index (χ2n) is 10.2. The largest absolute Gasteiger partial charge is 0.508 e. The van der Waals surface area contributed by atoms with Crippen LogP contribution in [0.25, 0.3) is 22.3 Å². The highest BCUT2D eigenvalue weighted by Gasteiger charge is 2.46. The lowest BCUT2D eigenvalue weighted by molar-refractivity contribution is -0.277. The summed E-state index contributed by atoms with van der Waals surface area (Å²) in [6.45, 7) is 0.604. The van der Waals surface area contributed by atoms with Crippen molar-refractivity contribution >= 4 is 11.0 Å². The summed E-state index contributed by atoms with van der Waals surface area (Å²) in [5.41, 5.74) is -1.39. The Morgan fingerprint density at radius 3 is 2.07 bits per heavy atom. The number of aliphatic hydroxyl groups excluding tert-OH is 7. The maximum absolute atomic E-state index is 14.0. The molecule has 2 unspecified atom stereocenters. The zero-order valence-electron chi connectivity index (χ0n) is 22.3. The number of aromatic hydroxyl groups is 3. The van der Waals surface area contributed by atoms with E-state index in [1.807, 2.05) is 0 Å². The van der Waals surface area contributed by atoms with Crippen molar-refractivity contribution < 1.29 is 74.4 Å². The Balaban J connectivity index is 1.67. The van der Waals surface area contributed by atoms with Crippen LogP contribution >= 0.6 is 0 Å². The minimum Gasteiger partial charge on any atom is -0.508 e. The summed E-state index contributed by atoms with van der Waals surface area (Å²) in [4.78, 5) is 14.0. The first-order valence-electron chi connectivity index (χ1n) is 13.0. The molecule has 2 aliphatic heterocycles. The van der Waals surface area contributed by atoms with Crippen LogP contribution in [-0.4, -0.2) is 119 Å². The fraction of sp³-hybridized carbons (Fsp3) is 0.444. The minimum atomic E-state index is -1.94. The van der Waals surface area contributed by atoms with Crippen molar-refractivity contribution in [3.63, 3.8) is 0 Å². The van der Waals surface area contributed by atoms with E-state index < -0.39 is 113 Å². The second kappa shape index (κ2) is 11.8. The van der Waals surface area contributed by atoms with E-state index in [0.29, 0.717) is 0 Å². The Labute approximate surface area is 241 Å². The Hall–Kier alpha value is -3.71. The first-order valence-corrected chi connectivity index (χ1v) is 13.0. The fourth-order valence-corrected chi connectivity index (χ4v) is 4.82. The third kappa shape index (κ3) is 5.55. The molecule has 43 heavy (non-hydrogen) atoms. The van der Waals surface area contributed by atoms with Gasteiger partial charge in [-0.1, -0.05) is 0 Å². The fourth-order valence-electron chi connectivity index (χ4n) is 4.82. The zero-order chi connectivity index (χ0) is 31.3. The first kappa shape index (κ1) is 30.7. The van der Waals surface area contributed by atoms with Gasteiger partial charge >= 0.3 is 0 Å². The van der Waals surface area contributed by atoms with Crippen LogP contribution in [0, 0.1) is 0 Å². The lowest BCUT2D eigenvalue weighted by Gasteiger charge is -2.39. The number of phenols is 3. The van der Waals surface area contributed by atoms with Crippen LogP contribution in [0.1, 0.15) is 6.92 Å². The number of hydrogen-bond donors (Lipinski definition) is 10. The zero-order valence-corrected chi connectivity index (χ0v) is 22.3. The number of ether oxygens (including phenoxy) is 4. The van der Waals surface area contributed by atoms with Crippen LogP contribution in [0.5, 0.6) is 28.7 Å². The van der Waals surface area contributed by atoms with Crippen molar-refractivity contribution in [2.75, 3.05) is 6.61 Å². The van der Waals surface area contributed by atoms with Crippen LogP contribution in [0.4, 0.5) is 0 Å². The summed E-state index contributed by atoms with van der Waals surface area (Å²) in [5.74, 6) is -3.15. The predicted molar refractivity (Wildman–Crippen MR) is 140 cm³/mol. The lowest BCUT2D eigenvalue weighted by atomic mass is 9.99. The molecule has 10 atom stereocenters. The quantitative estimate of drug-likeness (QED) is 0.135. The molecule has 2 fully saturated rings. The van der Waals surface area contributed by atoms with Gasteiger partial charge in [-0.3, -0.25) is 4.79 Å². The third-order valence-electron chi connectivity index (χ3n) is 7.27. The Morgan fingerprint density at radius 2 is 1.42 bits per heavy atom. The van der Waals surface area contributed by atoms with Gasteiger partial charge in [0.25, 0.3) is 0 Å². The molecule has 1 aromatic heterocycles. The van der Waals surface area contributed by atoms with Gasteiger partial charge in [-0.15, -0.1) is 0 Å². The van der Waals surface area contributed by atoms with Gasteiger partial charge in [-0.25, -0.2) is 0 Å². The molecule has 0 bridgehead atoms. The van der Waals surface area contributed by atoms with Crippen LogP contribution in [0.3, 0.4) is 0 Å². The molecule has 3 aromatic rings. The van der Waals surface area contributed by atoms with E-state index in [-0.39, 0.29) is 11.1 Å². The van der Waals surface area contributed by atoms with Crippen molar-refractivity contribution in [2.24, 2.45) is 0 Å². The van der Waals surface area contributed by atoms with E-state index >= 15 is 0 Å².